The molecule has 0 aliphatic rings. The van der Waals surface area contributed by atoms with Gasteiger partial charge in [-0.3, -0.25) is 4.79 Å². The summed E-state index contributed by atoms with van der Waals surface area (Å²) in [6.45, 7) is 2.97. The molecule has 0 atom stereocenters. The van der Waals surface area contributed by atoms with E-state index in [1.165, 1.54) is 0 Å². The van der Waals surface area contributed by atoms with E-state index in [1.807, 2.05) is 55.5 Å². The zero-order valence-corrected chi connectivity index (χ0v) is 15.0. The molecule has 0 radical (unpaired) electrons. The summed E-state index contributed by atoms with van der Waals surface area (Å²) < 4.78 is 5.64. The van der Waals surface area contributed by atoms with Crippen molar-refractivity contribution in [1.29, 1.82) is 0 Å². The van der Waals surface area contributed by atoms with Gasteiger partial charge in [0.15, 0.2) is 0 Å². The molecule has 0 fully saturated rings. The minimum atomic E-state index is -0.105. The van der Waals surface area contributed by atoms with Gasteiger partial charge in [0, 0.05) is 24.5 Å². The van der Waals surface area contributed by atoms with Gasteiger partial charge in [0.05, 0.1) is 17.7 Å². The zero-order chi connectivity index (χ0) is 17.8. The molecule has 128 valence electrons. The van der Waals surface area contributed by atoms with Crippen LogP contribution in [0.2, 0.25) is 5.15 Å². The maximum Gasteiger partial charge on any atom is 0.254 e. The molecule has 0 bridgehead atoms. The molecule has 4 nitrogen and oxygen atoms in total. The number of amides is 1. The van der Waals surface area contributed by atoms with Crippen LogP contribution in [0.3, 0.4) is 0 Å². The highest BCUT2D eigenvalue weighted by molar-refractivity contribution is 6.30. The van der Waals surface area contributed by atoms with E-state index in [0.717, 1.165) is 16.7 Å². The number of benzene rings is 2. The first-order valence-electron chi connectivity index (χ1n) is 8.11. The Hall–Kier alpha value is -2.59. The van der Waals surface area contributed by atoms with E-state index in [-0.39, 0.29) is 5.91 Å². The molecule has 0 saturated carbocycles. The molecule has 25 heavy (non-hydrogen) atoms. The quantitative estimate of drug-likeness (QED) is 0.631. The Kier molecular flexibility index (Phi) is 5.19. The van der Waals surface area contributed by atoms with Crippen LogP contribution in [0.5, 0.6) is 5.75 Å². The molecule has 5 heteroatoms. The maximum atomic E-state index is 13.0. The molecule has 0 spiro atoms. The van der Waals surface area contributed by atoms with Crippen LogP contribution in [0.25, 0.3) is 10.9 Å². The van der Waals surface area contributed by atoms with Crippen LogP contribution in [0, 0.1) is 0 Å². The van der Waals surface area contributed by atoms with Crippen LogP contribution < -0.4 is 4.74 Å². The summed E-state index contributed by atoms with van der Waals surface area (Å²) in [5.41, 5.74) is 2.22. The highest BCUT2D eigenvalue weighted by Gasteiger charge is 2.18. The van der Waals surface area contributed by atoms with Gasteiger partial charge in [-0.25, -0.2) is 4.98 Å². The van der Waals surface area contributed by atoms with Gasteiger partial charge < -0.3 is 9.64 Å². The van der Waals surface area contributed by atoms with Gasteiger partial charge in [-0.1, -0.05) is 48.0 Å². The Morgan fingerprint density at radius 2 is 1.88 bits per heavy atom. The fourth-order valence-electron chi connectivity index (χ4n) is 2.78. The van der Waals surface area contributed by atoms with Gasteiger partial charge in [-0.15, -0.1) is 0 Å². The van der Waals surface area contributed by atoms with Gasteiger partial charge in [-0.2, -0.15) is 0 Å². The first-order valence-corrected chi connectivity index (χ1v) is 8.49. The second-order valence-electron chi connectivity index (χ2n) is 5.71. The Balaban J connectivity index is 1.91. The first-order chi connectivity index (χ1) is 12.1. The summed E-state index contributed by atoms with van der Waals surface area (Å²) in [6.07, 6.45) is 0. The van der Waals surface area contributed by atoms with E-state index >= 15 is 0 Å². The number of halogens is 1. The van der Waals surface area contributed by atoms with Crippen LogP contribution >= 0.6 is 11.6 Å². The number of fused-ring (bicyclic) bond motifs is 1. The normalized spacial score (nSPS) is 10.7. The number of hydrogen-bond acceptors (Lipinski definition) is 3. The van der Waals surface area contributed by atoms with Crippen molar-refractivity contribution in [1.82, 2.24) is 9.88 Å². The number of hydrogen-bond donors (Lipinski definition) is 0. The van der Waals surface area contributed by atoms with Gasteiger partial charge in [-0.05, 0) is 25.1 Å². The molecule has 0 saturated heterocycles. The van der Waals surface area contributed by atoms with E-state index in [4.69, 9.17) is 16.3 Å². The summed E-state index contributed by atoms with van der Waals surface area (Å²) in [5, 5.41) is 1.10. The highest BCUT2D eigenvalue weighted by atomic mass is 35.5. The monoisotopic (exact) mass is 354 g/mol. The van der Waals surface area contributed by atoms with Crippen molar-refractivity contribution in [2.45, 2.75) is 13.5 Å². The largest absolute Gasteiger partial charge is 0.494 e. The molecule has 1 amide bonds. The molecule has 0 unspecified atom stereocenters. The molecular weight excluding hydrogens is 336 g/mol. The van der Waals surface area contributed by atoms with E-state index < -0.39 is 0 Å². The molecule has 3 rings (SSSR count). The first kappa shape index (κ1) is 17.2. The number of aromatic nitrogens is 1. The van der Waals surface area contributed by atoms with Crippen molar-refractivity contribution >= 4 is 28.4 Å². The SMILES string of the molecule is CCOc1ccccc1CN(C)C(=O)c1cc(Cl)nc2ccccc12. The number of rotatable bonds is 5. The van der Waals surface area contributed by atoms with Crippen molar-refractivity contribution in [2.75, 3.05) is 13.7 Å². The van der Waals surface area contributed by atoms with Gasteiger partial charge in [0.1, 0.15) is 10.9 Å². The summed E-state index contributed by atoms with van der Waals surface area (Å²) >= 11 is 6.10. The van der Waals surface area contributed by atoms with Crippen LogP contribution in [0.15, 0.2) is 54.6 Å². The molecule has 0 N–H and O–H groups in total. The molecule has 1 heterocycles. The highest BCUT2D eigenvalue weighted by Crippen LogP contribution is 2.24. The Morgan fingerprint density at radius 1 is 1.16 bits per heavy atom. The lowest BCUT2D eigenvalue weighted by Gasteiger charge is -2.20. The lowest BCUT2D eigenvalue weighted by molar-refractivity contribution is 0.0786. The molecule has 2 aromatic carbocycles. The minimum Gasteiger partial charge on any atom is -0.494 e. The van der Waals surface area contributed by atoms with Crippen molar-refractivity contribution in [3.05, 3.63) is 70.9 Å². The summed E-state index contributed by atoms with van der Waals surface area (Å²) in [7, 11) is 1.77. The van der Waals surface area contributed by atoms with Crippen molar-refractivity contribution < 1.29 is 9.53 Å². The third-order valence-corrected chi connectivity index (χ3v) is 4.14. The number of para-hydroxylation sites is 2. The van der Waals surface area contributed by atoms with Crippen molar-refractivity contribution in [2.24, 2.45) is 0 Å². The standard InChI is InChI=1S/C20H19ClN2O2/c1-3-25-18-11-7-4-8-14(18)13-23(2)20(24)16-12-19(21)22-17-10-6-5-9-15(16)17/h4-12H,3,13H2,1-2H3. The Labute approximate surface area is 152 Å². The number of nitrogens with zero attached hydrogens (tertiary/aromatic N) is 2. The maximum absolute atomic E-state index is 13.0. The Morgan fingerprint density at radius 3 is 2.68 bits per heavy atom. The molecule has 1 aromatic heterocycles. The average molecular weight is 355 g/mol. The summed E-state index contributed by atoms with van der Waals surface area (Å²) in [5.74, 6) is 0.689. The molecule has 0 aliphatic carbocycles. The lowest BCUT2D eigenvalue weighted by atomic mass is 10.1. The zero-order valence-electron chi connectivity index (χ0n) is 14.2. The van der Waals surface area contributed by atoms with Crippen molar-refractivity contribution in [3.8, 4) is 5.75 Å². The predicted octanol–water partition coefficient (Wildman–Crippen LogP) is 4.56. The van der Waals surface area contributed by atoms with E-state index in [0.29, 0.717) is 29.4 Å². The minimum absolute atomic E-state index is 0.105. The third kappa shape index (κ3) is 3.74. The molecule has 0 aliphatic heterocycles. The molecule has 3 aromatic rings. The van der Waals surface area contributed by atoms with Crippen LogP contribution in [-0.4, -0.2) is 29.4 Å². The number of ether oxygens (including phenoxy) is 1. The fourth-order valence-corrected chi connectivity index (χ4v) is 2.98. The van der Waals surface area contributed by atoms with Crippen molar-refractivity contribution in [3.63, 3.8) is 0 Å². The number of carbonyl (C=O) groups is 1. The van der Waals surface area contributed by atoms with E-state index in [1.54, 1.807) is 18.0 Å². The number of carbonyl (C=O) groups excluding carboxylic acids is 1. The smallest absolute Gasteiger partial charge is 0.254 e. The van der Waals surface area contributed by atoms with Crippen LogP contribution in [-0.2, 0) is 6.54 Å². The van der Waals surface area contributed by atoms with Gasteiger partial charge in [0.25, 0.3) is 5.91 Å². The van der Waals surface area contributed by atoms with E-state index in [9.17, 15) is 4.79 Å². The summed E-state index contributed by atoms with van der Waals surface area (Å²) in [6, 6.07) is 16.9. The summed E-state index contributed by atoms with van der Waals surface area (Å²) in [4.78, 5) is 18.9. The van der Waals surface area contributed by atoms with Crippen LogP contribution in [0.1, 0.15) is 22.8 Å². The second kappa shape index (κ2) is 7.53. The average Bonchev–Trinajstić information content (AvgIpc) is 2.62. The second-order valence-corrected chi connectivity index (χ2v) is 6.10. The van der Waals surface area contributed by atoms with Gasteiger partial charge in [0.2, 0.25) is 0 Å². The van der Waals surface area contributed by atoms with Crippen LogP contribution in [0.4, 0.5) is 0 Å². The fraction of sp³-hybridized carbons (Fsp3) is 0.200. The number of pyridine rings is 1. The third-order valence-electron chi connectivity index (χ3n) is 3.94. The van der Waals surface area contributed by atoms with Gasteiger partial charge >= 0.3 is 0 Å². The molecular formula is C20H19ClN2O2. The Bertz CT molecular complexity index is 911. The lowest BCUT2D eigenvalue weighted by Crippen LogP contribution is -2.26. The predicted molar refractivity (Wildman–Crippen MR) is 100 cm³/mol. The topological polar surface area (TPSA) is 42.4 Å². The van der Waals surface area contributed by atoms with E-state index in [2.05, 4.69) is 4.98 Å².